The molecule has 0 aliphatic carbocycles. The highest BCUT2D eigenvalue weighted by molar-refractivity contribution is 5.95. The minimum absolute atomic E-state index is 0.0289. The fraction of sp³-hybridized carbons (Fsp3) is 0.345. The molecule has 4 N–H and O–H groups in total. The predicted octanol–water partition coefficient (Wildman–Crippen LogP) is 2.93. The molecule has 3 aromatic rings. The molecule has 0 spiro atoms. The van der Waals surface area contributed by atoms with E-state index in [0.717, 1.165) is 22.0 Å². The van der Waals surface area contributed by atoms with Crippen molar-refractivity contribution < 1.29 is 19.1 Å². The number of hydrogen-bond donors (Lipinski definition) is 3. The number of nitrogens with two attached hydrogens (primary N) is 1. The molecular weight excluding hydrogens is 468 g/mol. The number of para-hydroxylation sites is 2. The number of carbonyl (C=O) groups is 3. The molecule has 1 aliphatic rings. The van der Waals surface area contributed by atoms with Crippen LogP contribution in [0.25, 0.3) is 10.8 Å². The van der Waals surface area contributed by atoms with E-state index >= 15 is 0 Å². The summed E-state index contributed by atoms with van der Waals surface area (Å²) in [6.45, 7) is 1.66. The van der Waals surface area contributed by atoms with Crippen molar-refractivity contribution >= 4 is 34.2 Å². The van der Waals surface area contributed by atoms with Crippen LogP contribution in [0.4, 0.5) is 5.69 Å². The van der Waals surface area contributed by atoms with Crippen LogP contribution in [0.2, 0.25) is 0 Å². The molecule has 1 unspecified atom stereocenters. The van der Waals surface area contributed by atoms with Gasteiger partial charge in [0, 0.05) is 25.9 Å². The molecule has 3 amide bonds. The molecule has 1 heterocycles. The summed E-state index contributed by atoms with van der Waals surface area (Å²) < 4.78 is 5.69. The average Bonchev–Trinajstić information content (AvgIpc) is 3.06. The van der Waals surface area contributed by atoms with Crippen LogP contribution in [-0.4, -0.2) is 50.0 Å². The summed E-state index contributed by atoms with van der Waals surface area (Å²) in [5, 5.41) is 7.99. The second-order valence-corrected chi connectivity index (χ2v) is 9.15. The molecule has 0 radical (unpaired) electrons. The van der Waals surface area contributed by atoms with Crippen molar-refractivity contribution in [1.82, 2.24) is 10.6 Å². The Morgan fingerprint density at radius 3 is 2.62 bits per heavy atom. The Balaban J connectivity index is 1.38. The Morgan fingerprint density at radius 1 is 1.00 bits per heavy atom. The highest BCUT2D eigenvalue weighted by Crippen LogP contribution is 2.31. The quantitative estimate of drug-likeness (QED) is 0.349. The number of fused-ring (bicyclic) bond motifs is 2. The second kappa shape index (κ2) is 12.9. The van der Waals surface area contributed by atoms with Gasteiger partial charge in [0.25, 0.3) is 0 Å². The lowest BCUT2D eigenvalue weighted by Crippen LogP contribution is -2.48. The number of hydrogen-bond acceptors (Lipinski definition) is 5. The Kier molecular flexibility index (Phi) is 9.10. The minimum atomic E-state index is -0.708. The lowest BCUT2D eigenvalue weighted by molar-refractivity contribution is -0.129. The molecule has 0 saturated heterocycles. The standard InChI is InChI=1S/C29H34N4O4/c30-15-6-16-31-29(36)24(20-21-12-13-22-7-1-2-8-23(22)19-21)32-27(34)11-5-17-33-25-9-3-4-10-26(25)37-18-14-28(33)35/h1-4,7-10,12-13,19,24H,5-6,11,14-18,20,30H2,(H,31,36)(H,32,34). The van der Waals surface area contributed by atoms with Gasteiger partial charge in [-0.05, 0) is 47.9 Å². The highest BCUT2D eigenvalue weighted by atomic mass is 16.5. The number of nitrogens with zero attached hydrogens (tertiary/aromatic N) is 1. The molecule has 0 fully saturated rings. The van der Waals surface area contributed by atoms with Crippen molar-refractivity contribution in [3.8, 4) is 5.75 Å². The van der Waals surface area contributed by atoms with E-state index < -0.39 is 6.04 Å². The van der Waals surface area contributed by atoms with Gasteiger partial charge in [0.15, 0.2) is 0 Å². The Morgan fingerprint density at radius 2 is 1.78 bits per heavy atom. The van der Waals surface area contributed by atoms with Crippen LogP contribution in [0.3, 0.4) is 0 Å². The smallest absolute Gasteiger partial charge is 0.242 e. The molecule has 0 aromatic heterocycles. The van der Waals surface area contributed by atoms with E-state index in [1.165, 1.54) is 0 Å². The lowest BCUT2D eigenvalue weighted by atomic mass is 10.0. The Hall–Kier alpha value is -3.91. The van der Waals surface area contributed by atoms with Crippen molar-refractivity contribution in [2.45, 2.75) is 38.1 Å². The summed E-state index contributed by atoms with van der Waals surface area (Å²) in [5.41, 5.74) is 7.24. The second-order valence-electron chi connectivity index (χ2n) is 9.15. The van der Waals surface area contributed by atoms with E-state index in [1.54, 1.807) is 4.90 Å². The predicted molar refractivity (Wildman–Crippen MR) is 144 cm³/mol. The van der Waals surface area contributed by atoms with E-state index in [2.05, 4.69) is 10.6 Å². The van der Waals surface area contributed by atoms with Gasteiger partial charge in [-0.1, -0.05) is 54.6 Å². The van der Waals surface area contributed by atoms with Gasteiger partial charge in [-0.2, -0.15) is 0 Å². The molecular formula is C29H34N4O4. The van der Waals surface area contributed by atoms with Crippen LogP contribution in [0, 0.1) is 0 Å². The van der Waals surface area contributed by atoms with Crippen molar-refractivity contribution in [2.24, 2.45) is 5.73 Å². The van der Waals surface area contributed by atoms with Gasteiger partial charge in [-0.15, -0.1) is 0 Å². The van der Waals surface area contributed by atoms with Crippen LogP contribution in [0.5, 0.6) is 5.75 Å². The number of benzene rings is 3. The maximum absolute atomic E-state index is 12.9. The van der Waals surface area contributed by atoms with Gasteiger partial charge in [0.1, 0.15) is 11.8 Å². The van der Waals surface area contributed by atoms with E-state index in [-0.39, 0.29) is 30.6 Å². The van der Waals surface area contributed by atoms with Gasteiger partial charge in [0.05, 0.1) is 18.7 Å². The maximum Gasteiger partial charge on any atom is 0.242 e. The van der Waals surface area contributed by atoms with Crippen LogP contribution >= 0.6 is 0 Å². The molecule has 4 rings (SSSR count). The first-order valence-electron chi connectivity index (χ1n) is 12.8. The summed E-state index contributed by atoms with van der Waals surface area (Å²) in [6.07, 6.45) is 1.98. The third kappa shape index (κ3) is 7.07. The average molecular weight is 503 g/mol. The molecule has 37 heavy (non-hydrogen) atoms. The van der Waals surface area contributed by atoms with E-state index in [0.29, 0.717) is 51.3 Å². The first-order chi connectivity index (χ1) is 18.0. The Bertz CT molecular complexity index is 1250. The van der Waals surface area contributed by atoms with E-state index in [1.807, 2.05) is 66.7 Å². The summed E-state index contributed by atoms with van der Waals surface area (Å²) in [6, 6.07) is 20.8. The molecule has 3 aromatic carbocycles. The van der Waals surface area contributed by atoms with Crippen LogP contribution in [0.15, 0.2) is 66.7 Å². The fourth-order valence-electron chi connectivity index (χ4n) is 4.48. The van der Waals surface area contributed by atoms with Gasteiger partial charge in [-0.25, -0.2) is 0 Å². The van der Waals surface area contributed by atoms with E-state index in [4.69, 9.17) is 10.5 Å². The van der Waals surface area contributed by atoms with Gasteiger partial charge in [0.2, 0.25) is 17.7 Å². The largest absolute Gasteiger partial charge is 0.491 e. The third-order valence-corrected chi connectivity index (χ3v) is 6.40. The molecule has 1 atom stereocenters. The first kappa shape index (κ1) is 26.2. The number of ether oxygens (including phenoxy) is 1. The fourth-order valence-corrected chi connectivity index (χ4v) is 4.48. The molecule has 194 valence electrons. The normalized spacial score (nSPS) is 13.9. The number of amides is 3. The summed E-state index contributed by atoms with van der Waals surface area (Å²) in [4.78, 5) is 40.1. The molecule has 8 nitrogen and oxygen atoms in total. The zero-order valence-electron chi connectivity index (χ0n) is 20.9. The van der Waals surface area contributed by atoms with E-state index in [9.17, 15) is 14.4 Å². The minimum Gasteiger partial charge on any atom is -0.491 e. The van der Waals surface area contributed by atoms with Crippen molar-refractivity contribution in [2.75, 3.05) is 31.1 Å². The summed E-state index contributed by atoms with van der Waals surface area (Å²) in [7, 11) is 0. The monoisotopic (exact) mass is 502 g/mol. The molecule has 0 saturated carbocycles. The van der Waals surface area contributed by atoms with Gasteiger partial charge < -0.3 is 26.0 Å². The van der Waals surface area contributed by atoms with Crippen LogP contribution in [-0.2, 0) is 20.8 Å². The van der Waals surface area contributed by atoms with Crippen molar-refractivity contribution in [3.63, 3.8) is 0 Å². The Labute approximate surface area is 217 Å². The van der Waals surface area contributed by atoms with Crippen LogP contribution < -0.4 is 26.0 Å². The molecule has 1 aliphatic heterocycles. The topological polar surface area (TPSA) is 114 Å². The molecule has 8 heteroatoms. The summed E-state index contributed by atoms with van der Waals surface area (Å²) >= 11 is 0. The van der Waals surface area contributed by atoms with Crippen molar-refractivity contribution in [1.29, 1.82) is 0 Å². The zero-order chi connectivity index (χ0) is 26.0. The lowest BCUT2D eigenvalue weighted by Gasteiger charge is -2.22. The van der Waals surface area contributed by atoms with Crippen LogP contribution in [0.1, 0.15) is 31.2 Å². The zero-order valence-corrected chi connectivity index (χ0v) is 20.9. The number of rotatable bonds is 11. The SMILES string of the molecule is NCCCNC(=O)C(Cc1ccc2ccccc2c1)NC(=O)CCCN1C(=O)CCOc2ccccc21. The summed E-state index contributed by atoms with van der Waals surface area (Å²) in [5.74, 6) is 0.177. The number of nitrogens with one attached hydrogen (secondary N) is 2. The molecule has 0 bridgehead atoms. The number of carbonyl (C=O) groups excluding carboxylic acids is 3. The first-order valence-corrected chi connectivity index (χ1v) is 12.8. The van der Waals surface area contributed by atoms with Crippen molar-refractivity contribution in [3.05, 3.63) is 72.3 Å². The number of anilines is 1. The van der Waals surface area contributed by atoms with Gasteiger partial charge >= 0.3 is 0 Å². The highest BCUT2D eigenvalue weighted by Gasteiger charge is 2.24. The third-order valence-electron chi connectivity index (χ3n) is 6.40. The maximum atomic E-state index is 12.9. The van der Waals surface area contributed by atoms with Gasteiger partial charge in [-0.3, -0.25) is 14.4 Å².